The maximum Gasteiger partial charge on any atom is 0.310 e. The first-order chi connectivity index (χ1) is 15.6. The van der Waals surface area contributed by atoms with Crippen molar-refractivity contribution in [1.29, 1.82) is 0 Å². The molecule has 1 N–H and O–H groups in total. The minimum absolute atomic E-state index is 0.0350. The predicted octanol–water partition coefficient (Wildman–Crippen LogP) is 3.92. The minimum atomic E-state index is -2.65. The predicted molar refractivity (Wildman–Crippen MR) is 109 cm³/mol. The first kappa shape index (κ1) is 18.7. The molecule has 0 spiro atoms. The van der Waals surface area contributed by atoms with Gasteiger partial charge in [-0.25, -0.2) is 23.3 Å². The van der Waals surface area contributed by atoms with Crippen molar-refractivity contribution in [1.82, 2.24) is 29.5 Å². The number of oxazole rings is 1. The van der Waals surface area contributed by atoms with Crippen LogP contribution in [0.3, 0.4) is 0 Å². The Balaban J connectivity index is 1.48. The molecule has 32 heavy (non-hydrogen) atoms. The van der Waals surface area contributed by atoms with Crippen LogP contribution < -0.4 is 0 Å². The fraction of sp³-hybridized carbons (Fsp3) is 0.182. The summed E-state index contributed by atoms with van der Waals surface area (Å²) in [5, 5.41) is 4.51. The number of hydrogen-bond acceptors (Lipinski definition) is 5. The standard InChI is InChI=1S/C22H16F2N6O2/c23-20(24)12-4-3-8-30-16(12)10-15(28-30)19-18-14(25-11-26-18)7-9-29(19)22(31)21-27-13-5-1-2-6-17(13)32-21/h1-6,8,10-11,19-20H,7,9H2,(H,25,26)/t19-/m0/s1. The topological polar surface area (TPSA) is 92.3 Å². The largest absolute Gasteiger partial charge is 0.432 e. The van der Waals surface area contributed by atoms with Gasteiger partial charge < -0.3 is 14.3 Å². The highest BCUT2D eigenvalue weighted by Crippen LogP contribution is 2.35. The second-order valence-corrected chi connectivity index (χ2v) is 7.57. The number of nitrogens with zero attached hydrogens (tertiary/aromatic N) is 5. The summed E-state index contributed by atoms with van der Waals surface area (Å²) in [6.45, 7) is 0.368. The van der Waals surface area contributed by atoms with Crippen LogP contribution in [0.25, 0.3) is 16.6 Å². The molecular formula is C22H16F2N6O2. The van der Waals surface area contributed by atoms with Crippen LogP contribution in [0.5, 0.6) is 0 Å². The number of amides is 1. The van der Waals surface area contributed by atoms with Gasteiger partial charge in [-0.2, -0.15) is 5.10 Å². The molecular weight excluding hydrogens is 418 g/mol. The number of para-hydroxylation sites is 2. The van der Waals surface area contributed by atoms with Crippen molar-refractivity contribution in [3.05, 3.63) is 83.5 Å². The number of carbonyl (C=O) groups excluding carboxylic acids is 1. The van der Waals surface area contributed by atoms with Gasteiger partial charge >= 0.3 is 5.91 Å². The highest BCUT2D eigenvalue weighted by molar-refractivity contribution is 5.93. The molecule has 5 aromatic rings. The number of rotatable bonds is 3. The first-order valence-electron chi connectivity index (χ1n) is 10.0. The van der Waals surface area contributed by atoms with E-state index < -0.39 is 18.4 Å². The fourth-order valence-electron chi connectivity index (χ4n) is 4.26. The van der Waals surface area contributed by atoms with E-state index in [0.717, 1.165) is 5.69 Å². The van der Waals surface area contributed by atoms with Crippen molar-refractivity contribution in [2.24, 2.45) is 0 Å². The number of halogens is 2. The Bertz CT molecular complexity index is 1440. The highest BCUT2D eigenvalue weighted by Gasteiger charge is 2.38. The third-order valence-electron chi connectivity index (χ3n) is 5.73. The van der Waals surface area contributed by atoms with E-state index in [1.165, 1.54) is 16.6 Å². The van der Waals surface area contributed by atoms with E-state index in [2.05, 4.69) is 20.1 Å². The van der Waals surface area contributed by atoms with Gasteiger partial charge in [0.2, 0.25) is 0 Å². The second kappa shape index (κ2) is 6.98. The number of fused-ring (bicyclic) bond motifs is 3. The molecule has 8 nitrogen and oxygen atoms in total. The Morgan fingerprint density at radius 2 is 2.09 bits per heavy atom. The summed E-state index contributed by atoms with van der Waals surface area (Å²) in [6, 6.07) is 10.9. The van der Waals surface area contributed by atoms with E-state index in [1.807, 2.05) is 6.07 Å². The molecule has 0 radical (unpaired) electrons. The van der Waals surface area contributed by atoms with Gasteiger partial charge in [-0.05, 0) is 30.3 Å². The van der Waals surface area contributed by atoms with Gasteiger partial charge in [0.25, 0.3) is 12.3 Å². The van der Waals surface area contributed by atoms with Crippen molar-refractivity contribution in [2.75, 3.05) is 6.54 Å². The van der Waals surface area contributed by atoms with Crippen LogP contribution in [0.1, 0.15) is 45.8 Å². The molecule has 0 unspecified atom stereocenters. The number of H-pyrrole nitrogens is 1. The summed E-state index contributed by atoms with van der Waals surface area (Å²) in [7, 11) is 0. The molecule has 1 aliphatic heterocycles. The van der Waals surface area contributed by atoms with Gasteiger partial charge in [0.15, 0.2) is 5.58 Å². The van der Waals surface area contributed by atoms with Crippen LogP contribution in [-0.4, -0.2) is 41.9 Å². The molecule has 10 heteroatoms. The summed E-state index contributed by atoms with van der Waals surface area (Å²) in [5.41, 5.74) is 3.20. The van der Waals surface area contributed by atoms with Crippen LogP contribution in [0.4, 0.5) is 8.78 Å². The van der Waals surface area contributed by atoms with E-state index >= 15 is 0 Å². The number of carbonyl (C=O) groups is 1. The van der Waals surface area contributed by atoms with Crippen LogP contribution >= 0.6 is 0 Å². The van der Waals surface area contributed by atoms with Gasteiger partial charge in [0.1, 0.15) is 11.6 Å². The molecule has 6 rings (SSSR count). The van der Waals surface area contributed by atoms with Gasteiger partial charge in [-0.1, -0.05) is 12.1 Å². The third-order valence-corrected chi connectivity index (χ3v) is 5.73. The number of imidazole rings is 1. The summed E-state index contributed by atoms with van der Waals surface area (Å²) < 4.78 is 34.1. The highest BCUT2D eigenvalue weighted by atomic mass is 19.3. The first-order valence-corrected chi connectivity index (χ1v) is 10.0. The van der Waals surface area contributed by atoms with Gasteiger partial charge in [-0.15, -0.1) is 0 Å². The lowest BCUT2D eigenvalue weighted by atomic mass is 9.99. The Morgan fingerprint density at radius 1 is 1.22 bits per heavy atom. The van der Waals surface area contributed by atoms with E-state index in [4.69, 9.17) is 4.42 Å². The lowest BCUT2D eigenvalue weighted by molar-refractivity contribution is 0.0648. The van der Waals surface area contributed by atoms with E-state index in [9.17, 15) is 13.6 Å². The molecule has 1 aliphatic rings. The SMILES string of the molecule is O=C(c1nc2ccccc2o1)N1CCc2[nH]cnc2[C@@H]1c1cc2c(C(F)F)cccn2n1. The number of nitrogens with one attached hydrogen (secondary N) is 1. The Kier molecular flexibility index (Phi) is 4.07. The van der Waals surface area contributed by atoms with Gasteiger partial charge in [0, 0.05) is 30.4 Å². The number of pyridine rings is 1. The number of aromatic nitrogens is 5. The smallest absolute Gasteiger partial charge is 0.310 e. The van der Waals surface area contributed by atoms with Crippen molar-refractivity contribution in [3.63, 3.8) is 0 Å². The molecule has 0 bridgehead atoms. The van der Waals surface area contributed by atoms with Crippen molar-refractivity contribution < 1.29 is 18.0 Å². The molecule has 4 aromatic heterocycles. The number of hydrogen-bond donors (Lipinski definition) is 1. The lowest BCUT2D eigenvalue weighted by Crippen LogP contribution is -2.41. The average Bonchev–Trinajstić information content (AvgIpc) is 3.54. The van der Waals surface area contributed by atoms with Crippen molar-refractivity contribution in [2.45, 2.75) is 18.9 Å². The Morgan fingerprint density at radius 3 is 2.94 bits per heavy atom. The zero-order chi connectivity index (χ0) is 21.8. The minimum Gasteiger partial charge on any atom is -0.432 e. The summed E-state index contributed by atoms with van der Waals surface area (Å²) in [4.78, 5) is 26.9. The molecule has 1 amide bonds. The number of benzene rings is 1. The van der Waals surface area contributed by atoms with E-state index in [-0.39, 0.29) is 17.0 Å². The zero-order valence-corrected chi connectivity index (χ0v) is 16.6. The summed E-state index contributed by atoms with van der Waals surface area (Å²) >= 11 is 0. The molecule has 0 saturated heterocycles. The fourth-order valence-corrected chi connectivity index (χ4v) is 4.26. The maximum atomic E-state index is 13.5. The van der Waals surface area contributed by atoms with Crippen molar-refractivity contribution in [3.8, 4) is 0 Å². The van der Waals surface area contributed by atoms with Gasteiger partial charge in [-0.3, -0.25) is 4.79 Å². The Labute approximate surface area is 179 Å². The summed E-state index contributed by atoms with van der Waals surface area (Å²) in [6.07, 6.45) is 1.08. The molecule has 5 heterocycles. The van der Waals surface area contributed by atoms with Crippen molar-refractivity contribution >= 4 is 22.5 Å². The number of alkyl halides is 2. The van der Waals surface area contributed by atoms with Gasteiger partial charge in [0.05, 0.1) is 23.2 Å². The molecule has 0 fully saturated rings. The molecule has 0 saturated carbocycles. The molecule has 1 atom stereocenters. The van der Waals surface area contributed by atoms with E-state index in [0.29, 0.717) is 35.5 Å². The van der Waals surface area contributed by atoms with Crippen LogP contribution in [0, 0.1) is 0 Å². The summed E-state index contributed by atoms with van der Waals surface area (Å²) in [5.74, 6) is -0.446. The normalized spacial score (nSPS) is 16.2. The number of aromatic amines is 1. The zero-order valence-electron chi connectivity index (χ0n) is 16.6. The quantitative estimate of drug-likeness (QED) is 0.465. The lowest BCUT2D eigenvalue weighted by Gasteiger charge is -2.32. The molecule has 160 valence electrons. The third kappa shape index (κ3) is 2.79. The van der Waals surface area contributed by atoms with E-state index in [1.54, 1.807) is 41.7 Å². The maximum absolute atomic E-state index is 13.5. The average molecular weight is 434 g/mol. The Hall–Kier alpha value is -4.08. The van der Waals surface area contributed by atoms with Crippen LogP contribution in [0.2, 0.25) is 0 Å². The molecule has 1 aromatic carbocycles. The monoisotopic (exact) mass is 434 g/mol. The van der Waals surface area contributed by atoms with Crippen LogP contribution in [-0.2, 0) is 6.42 Å². The second-order valence-electron chi connectivity index (χ2n) is 7.57. The van der Waals surface area contributed by atoms with Crippen LogP contribution in [0.15, 0.2) is 59.4 Å². The molecule has 0 aliphatic carbocycles.